The maximum atomic E-state index is 13.4. The molecular formula is C27H31N5O3S. The Kier molecular flexibility index (Phi) is 6.66. The lowest BCUT2D eigenvalue weighted by Crippen LogP contribution is -2.42. The number of nitrogens with one attached hydrogen (secondary N) is 1. The van der Waals surface area contributed by atoms with E-state index in [9.17, 15) is 14.4 Å². The number of aromatic nitrogens is 2. The third-order valence-electron chi connectivity index (χ3n) is 7.46. The molecule has 2 aliphatic heterocycles. The number of benzene rings is 1. The number of nitrogens with zero attached hydrogens (tertiary/aromatic N) is 4. The molecule has 2 aliphatic rings. The number of hydrogen-bond acceptors (Lipinski definition) is 6. The number of amides is 3. The number of carbonyl (C=O) groups excluding carboxylic acids is 3. The molecule has 0 spiro atoms. The van der Waals surface area contributed by atoms with Gasteiger partial charge in [0, 0.05) is 42.2 Å². The second kappa shape index (κ2) is 9.89. The summed E-state index contributed by atoms with van der Waals surface area (Å²) >= 11 is 1.66. The predicted octanol–water partition coefficient (Wildman–Crippen LogP) is 4.07. The van der Waals surface area contributed by atoms with Crippen molar-refractivity contribution >= 4 is 34.7 Å². The number of imide groups is 1. The van der Waals surface area contributed by atoms with Crippen molar-refractivity contribution in [2.45, 2.75) is 45.7 Å². The molecule has 8 nitrogen and oxygen atoms in total. The summed E-state index contributed by atoms with van der Waals surface area (Å²) in [6.45, 7) is 5.54. The van der Waals surface area contributed by atoms with Crippen LogP contribution in [0.3, 0.4) is 0 Å². The van der Waals surface area contributed by atoms with Crippen LogP contribution < -0.4 is 10.2 Å². The monoisotopic (exact) mass is 505 g/mol. The fourth-order valence-electron chi connectivity index (χ4n) is 5.13. The lowest BCUT2D eigenvalue weighted by Gasteiger charge is -2.34. The third kappa shape index (κ3) is 4.32. The lowest BCUT2D eigenvalue weighted by atomic mass is 9.94. The van der Waals surface area contributed by atoms with Gasteiger partial charge in [0.15, 0.2) is 0 Å². The number of hydrogen-bond donors (Lipinski definition) is 1. The molecular weight excluding hydrogens is 474 g/mol. The average Bonchev–Trinajstić information content (AvgIpc) is 3.60. The second-order valence-corrected chi connectivity index (χ2v) is 10.5. The molecule has 9 heteroatoms. The topological polar surface area (TPSA) is 87.5 Å². The van der Waals surface area contributed by atoms with Crippen LogP contribution in [0.15, 0.2) is 41.9 Å². The van der Waals surface area contributed by atoms with Crippen molar-refractivity contribution in [2.75, 3.05) is 18.0 Å². The van der Waals surface area contributed by atoms with Gasteiger partial charge in [0.25, 0.3) is 11.8 Å². The molecule has 1 saturated heterocycles. The zero-order valence-electron chi connectivity index (χ0n) is 20.9. The summed E-state index contributed by atoms with van der Waals surface area (Å²) in [5.74, 6) is -0.504. The maximum Gasteiger partial charge on any atom is 0.263 e. The Balaban J connectivity index is 1.27. The van der Waals surface area contributed by atoms with Gasteiger partial charge in [-0.3, -0.25) is 24.0 Å². The SMILES string of the molecule is CC[C@H](NC(=O)C1CCN(c2cccc3c2C(=O)N(Cc2cnn(C)c2C)C3=O)CC1)c1cccs1. The Labute approximate surface area is 214 Å². The molecule has 188 valence electrons. The summed E-state index contributed by atoms with van der Waals surface area (Å²) in [7, 11) is 1.84. The number of rotatable bonds is 7. The van der Waals surface area contributed by atoms with E-state index in [4.69, 9.17) is 0 Å². The van der Waals surface area contributed by atoms with E-state index in [0.717, 1.165) is 23.4 Å². The molecule has 0 unspecified atom stereocenters. The summed E-state index contributed by atoms with van der Waals surface area (Å²) in [5.41, 5.74) is 3.47. The first-order valence-electron chi connectivity index (χ1n) is 12.4. The highest BCUT2D eigenvalue weighted by Crippen LogP contribution is 2.35. The van der Waals surface area contributed by atoms with Crippen LogP contribution >= 0.6 is 11.3 Å². The van der Waals surface area contributed by atoms with E-state index >= 15 is 0 Å². The first-order chi connectivity index (χ1) is 17.4. The van der Waals surface area contributed by atoms with Gasteiger partial charge in [-0.1, -0.05) is 19.1 Å². The van der Waals surface area contributed by atoms with Crippen LogP contribution in [0.25, 0.3) is 0 Å². The summed E-state index contributed by atoms with van der Waals surface area (Å²) in [6, 6.07) is 9.60. The van der Waals surface area contributed by atoms with Gasteiger partial charge in [0.05, 0.1) is 35.6 Å². The summed E-state index contributed by atoms with van der Waals surface area (Å²) < 4.78 is 1.74. The highest BCUT2D eigenvalue weighted by atomic mass is 32.1. The van der Waals surface area contributed by atoms with E-state index in [2.05, 4.69) is 28.3 Å². The fraction of sp³-hybridized carbons (Fsp3) is 0.407. The van der Waals surface area contributed by atoms with Gasteiger partial charge in [-0.15, -0.1) is 11.3 Å². The minimum Gasteiger partial charge on any atom is -0.371 e. The largest absolute Gasteiger partial charge is 0.371 e. The molecule has 1 atom stereocenters. The molecule has 4 heterocycles. The number of aryl methyl sites for hydroxylation is 1. The van der Waals surface area contributed by atoms with E-state index in [1.807, 2.05) is 37.6 Å². The molecule has 5 rings (SSSR count). The van der Waals surface area contributed by atoms with Gasteiger partial charge in [0.1, 0.15) is 0 Å². The highest BCUT2D eigenvalue weighted by molar-refractivity contribution is 7.10. The molecule has 3 aromatic rings. The normalized spacial score (nSPS) is 17.0. The average molecular weight is 506 g/mol. The molecule has 1 fully saturated rings. The minimum absolute atomic E-state index is 0.0472. The first-order valence-corrected chi connectivity index (χ1v) is 13.3. The Morgan fingerprint density at radius 1 is 1.17 bits per heavy atom. The lowest BCUT2D eigenvalue weighted by molar-refractivity contribution is -0.126. The molecule has 2 aromatic heterocycles. The minimum atomic E-state index is -0.270. The molecule has 0 aliphatic carbocycles. The van der Waals surface area contributed by atoms with Gasteiger partial charge in [-0.05, 0) is 49.8 Å². The Hall–Kier alpha value is -3.46. The Morgan fingerprint density at radius 2 is 1.94 bits per heavy atom. The molecule has 0 radical (unpaired) electrons. The summed E-state index contributed by atoms with van der Waals surface area (Å²) in [6.07, 6.45) is 3.97. The molecule has 0 saturated carbocycles. The molecule has 1 aromatic carbocycles. The predicted molar refractivity (Wildman–Crippen MR) is 139 cm³/mol. The van der Waals surface area contributed by atoms with Crippen LogP contribution in [-0.4, -0.2) is 45.5 Å². The van der Waals surface area contributed by atoms with Gasteiger partial charge < -0.3 is 10.2 Å². The number of piperidine rings is 1. The third-order valence-corrected chi connectivity index (χ3v) is 8.45. The molecule has 1 N–H and O–H groups in total. The number of anilines is 1. The number of carbonyl (C=O) groups is 3. The number of thiophene rings is 1. The summed E-state index contributed by atoms with van der Waals surface area (Å²) in [5, 5.41) is 9.49. The van der Waals surface area contributed by atoms with Crippen molar-refractivity contribution < 1.29 is 14.4 Å². The van der Waals surface area contributed by atoms with Crippen molar-refractivity contribution in [3.8, 4) is 0 Å². The van der Waals surface area contributed by atoms with Crippen molar-refractivity contribution in [3.05, 3.63) is 69.2 Å². The molecule has 3 amide bonds. The maximum absolute atomic E-state index is 13.4. The number of fused-ring (bicyclic) bond motifs is 1. The first kappa shape index (κ1) is 24.2. The quantitative estimate of drug-likeness (QED) is 0.489. The smallest absolute Gasteiger partial charge is 0.263 e. The van der Waals surface area contributed by atoms with Crippen molar-refractivity contribution in [3.63, 3.8) is 0 Å². The van der Waals surface area contributed by atoms with Gasteiger partial charge in [0.2, 0.25) is 5.91 Å². The zero-order chi connectivity index (χ0) is 25.4. The van der Waals surface area contributed by atoms with E-state index in [0.29, 0.717) is 37.1 Å². The summed E-state index contributed by atoms with van der Waals surface area (Å²) in [4.78, 5) is 44.2. The van der Waals surface area contributed by atoms with Crippen LogP contribution in [0.5, 0.6) is 0 Å². The Morgan fingerprint density at radius 3 is 2.58 bits per heavy atom. The molecule has 0 bridgehead atoms. The van der Waals surface area contributed by atoms with Crippen molar-refractivity contribution in [2.24, 2.45) is 13.0 Å². The van der Waals surface area contributed by atoms with Crippen molar-refractivity contribution in [1.29, 1.82) is 0 Å². The zero-order valence-corrected chi connectivity index (χ0v) is 21.7. The van der Waals surface area contributed by atoms with Crippen molar-refractivity contribution in [1.82, 2.24) is 20.0 Å². The van der Waals surface area contributed by atoms with Crippen LogP contribution in [0.4, 0.5) is 5.69 Å². The van der Waals surface area contributed by atoms with Gasteiger partial charge in [-0.25, -0.2) is 0 Å². The van der Waals surface area contributed by atoms with E-state index in [-0.39, 0.29) is 36.2 Å². The van der Waals surface area contributed by atoms with Crippen LogP contribution in [0, 0.1) is 12.8 Å². The van der Waals surface area contributed by atoms with E-state index < -0.39 is 0 Å². The molecule has 36 heavy (non-hydrogen) atoms. The van der Waals surface area contributed by atoms with Gasteiger partial charge >= 0.3 is 0 Å². The standard InChI is InChI=1S/C27H31N5O3S/c1-4-21(23-9-6-14-36-23)29-25(33)18-10-12-31(13-11-18)22-8-5-7-20-24(22)27(35)32(26(20)34)16-19-15-28-30(3)17(19)2/h5-9,14-15,18,21H,4,10-13,16H2,1-3H3,(H,29,33)/t21-/m0/s1. The second-order valence-electron chi connectivity index (χ2n) is 9.52. The van der Waals surface area contributed by atoms with Crippen LogP contribution in [-0.2, 0) is 18.4 Å². The highest BCUT2D eigenvalue weighted by Gasteiger charge is 2.39. The Bertz CT molecular complexity index is 1290. The van der Waals surface area contributed by atoms with E-state index in [1.165, 1.54) is 9.78 Å². The van der Waals surface area contributed by atoms with Crippen LogP contribution in [0.2, 0.25) is 0 Å². The van der Waals surface area contributed by atoms with Crippen LogP contribution in [0.1, 0.15) is 69.1 Å². The fourth-order valence-corrected chi connectivity index (χ4v) is 5.99. The van der Waals surface area contributed by atoms with Gasteiger partial charge in [-0.2, -0.15) is 5.10 Å². The van der Waals surface area contributed by atoms with E-state index in [1.54, 1.807) is 28.3 Å².